The Labute approximate surface area is 187 Å². The molecule has 0 heterocycles. The molecule has 0 amide bonds. The second-order valence-electron chi connectivity index (χ2n) is 12.9. The van der Waals surface area contributed by atoms with Crippen LogP contribution < -0.4 is 0 Å². The predicted molar refractivity (Wildman–Crippen MR) is 130 cm³/mol. The fraction of sp³-hybridized carbons (Fsp3) is 0.880. The van der Waals surface area contributed by atoms with Crippen molar-refractivity contribution in [2.45, 2.75) is 111 Å². The van der Waals surface area contributed by atoms with Crippen molar-refractivity contribution in [2.75, 3.05) is 0 Å². The Bertz CT molecular complexity index is 677. The topological polar surface area (TPSA) is 46.5 Å². The second kappa shape index (κ2) is 8.27. The van der Waals surface area contributed by atoms with E-state index >= 15 is 0 Å². The number of fused-ring (bicyclic) bond motifs is 5. The lowest BCUT2D eigenvalue weighted by Crippen LogP contribution is -2.51. The molecular formula is C25H46O3Si2. The number of allylic oxidation sites excluding steroid dienone is 1. The molecule has 0 aromatic heterocycles. The smallest absolute Gasteiger partial charge is 0.170 e. The van der Waals surface area contributed by atoms with Gasteiger partial charge in [-0.3, -0.25) is 4.79 Å². The van der Waals surface area contributed by atoms with Crippen LogP contribution in [0.2, 0.25) is 39.3 Å². The highest BCUT2D eigenvalue weighted by molar-refractivity contribution is 6.83. The maximum atomic E-state index is 11.8. The van der Waals surface area contributed by atoms with Crippen LogP contribution in [0.15, 0.2) is 11.6 Å². The van der Waals surface area contributed by atoms with E-state index in [-0.39, 0.29) is 16.9 Å². The minimum atomic E-state index is -1.23. The van der Waals surface area contributed by atoms with Crippen molar-refractivity contribution >= 4 is 22.4 Å². The van der Waals surface area contributed by atoms with Crippen molar-refractivity contribution in [1.82, 2.24) is 0 Å². The highest BCUT2D eigenvalue weighted by Crippen LogP contribution is 2.65. The van der Waals surface area contributed by atoms with E-state index in [9.17, 15) is 9.90 Å². The summed E-state index contributed by atoms with van der Waals surface area (Å²) in [6.07, 6.45) is 10.7. The fourth-order valence-electron chi connectivity index (χ4n) is 7.45. The molecule has 3 saturated carbocycles. The Hall–Kier alpha value is -0.236. The Morgan fingerprint density at radius 1 is 0.900 bits per heavy atom. The molecule has 0 radical (unpaired) electrons. The van der Waals surface area contributed by atoms with E-state index in [2.05, 4.69) is 53.1 Å². The molecule has 172 valence electrons. The summed E-state index contributed by atoms with van der Waals surface area (Å²) in [5.74, 6) is 2.57. The van der Waals surface area contributed by atoms with Crippen molar-refractivity contribution < 1.29 is 14.0 Å². The molecule has 0 bridgehead atoms. The van der Waals surface area contributed by atoms with Gasteiger partial charge >= 0.3 is 0 Å². The van der Waals surface area contributed by atoms with Crippen molar-refractivity contribution in [3.63, 3.8) is 0 Å². The highest BCUT2D eigenvalue weighted by Gasteiger charge is 2.58. The molecule has 4 aliphatic carbocycles. The number of rotatable bonds is 2. The molecule has 0 aliphatic heterocycles. The molecule has 4 aliphatic rings. The Balaban J connectivity index is 0.000000244. The molecule has 0 unspecified atom stereocenters. The van der Waals surface area contributed by atoms with E-state index in [0.717, 1.165) is 37.5 Å². The summed E-state index contributed by atoms with van der Waals surface area (Å²) in [6, 6.07) is 0. The minimum absolute atomic E-state index is 0.0823. The molecule has 0 saturated heterocycles. The van der Waals surface area contributed by atoms with Crippen LogP contribution in [0.3, 0.4) is 0 Å². The minimum Gasteiger partial charge on any atom is -0.456 e. The van der Waals surface area contributed by atoms with Crippen LogP contribution in [0, 0.1) is 28.6 Å². The average Bonchev–Trinajstić information content (AvgIpc) is 2.88. The van der Waals surface area contributed by atoms with Crippen LogP contribution in [-0.2, 0) is 8.91 Å². The van der Waals surface area contributed by atoms with Gasteiger partial charge in [-0.1, -0.05) is 19.4 Å². The van der Waals surface area contributed by atoms with E-state index in [1.807, 2.05) is 6.08 Å². The summed E-state index contributed by atoms with van der Waals surface area (Å²) < 4.78 is 5.90. The summed E-state index contributed by atoms with van der Waals surface area (Å²) in [4.78, 5) is 11.8. The molecule has 0 aromatic carbocycles. The van der Waals surface area contributed by atoms with Gasteiger partial charge in [0.15, 0.2) is 22.4 Å². The van der Waals surface area contributed by atoms with Gasteiger partial charge in [0.25, 0.3) is 0 Å². The number of hydrogen-bond acceptors (Lipinski definition) is 3. The predicted octanol–water partition coefficient (Wildman–Crippen LogP) is 6.55. The maximum absolute atomic E-state index is 11.8. The third-order valence-electron chi connectivity index (χ3n) is 8.52. The van der Waals surface area contributed by atoms with Gasteiger partial charge in [0.2, 0.25) is 0 Å². The van der Waals surface area contributed by atoms with Crippen molar-refractivity contribution in [2.24, 2.45) is 28.6 Å². The molecule has 1 N–H and O–H groups in total. The largest absolute Gasteiger partial charge is 0.456 e. The van der Waals surface area contributed by atoms with Crippen molar-refractivity contribution in [3.8, 4) is 0 Å². The van der Waals surface area contributed by atoms with Gasteiger partial charge in [-0.15, -0.1) is 0 Å². The first-order valence-corrected chi connectivity index (χ1v) is 19.1. The number of carbonyl (C=O) groups excluding carboxylic acids is 1. The molecule has 0 aromatic rings. The average molecular weight is 451 g/mol. The first-order valence-electron chi connectivity index (χ1n) is 12.3. The fourth-order valence-corrected chi connectivity index (χ4v) is 14.8. The molecule has 5 heteroatoms. The lowest BCUT2D eigenvalue weighted by molar-refractivity contribution is -0.118. The highest BCUT2D eigenvalue weighted by atomic mass is 28.4. The molecule has 30 heavy (non-hydrogen) atoms. The zero-order valence-electron chi connectivity index (χ0n) is 20.8. The van der Waals surface area contributed by atoms with E-state index < -0.39 is 16.6 Å². The van der Waals surface area contributed by atoms with Crippen LogP contribution in [-0.4, -0.2) is 33.6 Å². The monoisotopic (exact) mass is 450 g/mol. The molecular weight excluding hydrogens is 404 g/mol. The van der Waals surface area contributed by atoms with Gasteiger partial charge < -0.3 is 9.22 Å². The van der Waals surface area contributed by atoms with Gasteiger partial charge in [-0.25, -0.2) is 0 Å². The zero-order chi connectivity index (χ0) is 22.5. The standard InChI is InChI=1S/C19H28O2.C6H18OSi2/c1-18-9-7-13(20)11-12(18)3-4-14-15-5-6-17(21)19(15,2)10-8-16(14)18;1-8(2,3)7-9(4,5)6/h11,14-17,21H,3-10H2,1-2H3;1-6H3/t14-,15-,16-,17-,18-,19-;/m0./s1. The lowest BCUT2D eigenvalue weighted by Gasteiger charge is -2.57. The third-order valence-corrected chi connectivity index (χ3v) is 13.4. The van der Waals surface area contributed by atoms with Gasteiger partial charge in [-0.05, 0) is 119 Å². The van der Waals surface area contributed by atoms with Crippen LogP contribution in [0.25, 0.3) is 0 Å². The van der Waals surface area contributed by atoms with Gasteiger partial charge in [-0.2, -0.15) is 0 Å². The maximum Gasteiger partial charge on any atom is 0.170 e. The normalized spacial score (nSPS) is 41.1. The Morgan fingerprint density at radius 2 is 1.53 bits per heavy atom. The number of carbonyl (C=O) groups is 1. The van der Waals surface area contributed by atoms with Crippen LogP contribution in [0.1, 0.15) is 65.2 Å². The molecule has 6 atom stereocenters. The summed E-state index contributed by atoms with van der Waals surface area (Å²) in [5.41, 5.74) is 1.89. The third kappa shape index (κ3) is 4.89. The van der Waals surface area contributed by atoms with Gasteiger partial charge in [0.05, 0.1) is 6.10 Å². The molecule has 0 spiro atoms. The lowest BCUT2D eigenvalue weighted by atomic mass is 9.47. The second-order valence-corrected chi connectivity index (χ2v) is 22.2. The number of ketones is 1. The van der Waals surface area contributed by atoms with Gasteiger partial charge in [0.1, 0.15) is 0 Å². The molecule has 4 rings (SSSR count). The van der Waals surface area contributed by atoms with E-state index in [0.29, 0.717) is 11.7 Å². The number of aliphatic hydroxyl groups excluding tert-OH is 1. The quantitative estimate of drug-likeness (QED) is 0.485. The summed E-state index contributed by atoms with van der Waals surface area (Å²) in [7, 11) is -2.46. The van der Waals surface area contributed by atoms with Crippen LogP contribution in [0.4, 0.5) is 0 Å². The Kier molecular flexibility index (Phi) is 6.73. The summed E-state index contributed by atoms with van der Waals surface area (Å²) >= 11 is 0. The first-order chi connectivity index (χ1) is 13.7. The molecule has 3 nitrogen and oxygen atoms in total. The Morgan fingerprint density at radius 3 is 2.10 bits per heavy atom. The van der Waals surface area contributed by atoms with Crippen molar-refractivity contribution in [1.29, 1.82) is 0 Å². The van der Waals surface area contributed by atoms with Crippen LogP contribution in [0.5, 0.6) is 0 Å². The first kappa shape index (κ1) is 24.4. The zero-order valence-corrected chi connectivity index (χ0v) is 22.8. The number of aliphatic hydroxyl groups is 1. The molecule has 3 fully saturated rings. The summed E-state index contributed by atoms with van der Waals surface area (Å²) in [6.45, 7) is 18.2. The SMILES string of the molecule is C[C@]12CC[C@H]3[C@@H](CCC4=CC(=O)CC[C@@]43C)[C@@H]1CC[C@@H]2O.C[Si](C)(C)O[Si](C)(C)C. The van der Waals surface area contributed by atoms with E-state index in [1.165, 1.54) is 31.3 Å². The van der Waals surface area contributed by atoms with E-state index in [4.69, 9.17) is 4.12 Å². The van der Waals surface area contributed by atoms with Gasteiger partial charge in [0, 0.05) is 6.42 Å². The van der Waals surface area contributed by atoms with Crippen molar-refractivity contribution in [3.05, 3.63) is 11.6 Å². The summed E-state index contributed by atoms with van der Waals surface area (Å²) in [5, 5.41) is 10.4. The van der Waals surface area contributed by atoms with E-state index in [1.54, 1.807) is 0 Å². The number of hydrogen-bond donors (Lipinski definition) is 1. The van der Waals surface area contributed by atoms with Crippen LogP contribution >= 0.6 is 0 Å².